The Kier molecular flexibility index (Phi) is 5.30. The molecule has 146 valence electrons. The van der Waals surface area contributed by atoms with E-state index in [2.05, 4.69) is 16.0 Å². The van der Waals surface area contributed by atoms with Crippen LogP contribution in [-0.4, -0.2) is 31.2 Å². The maximum Gasteiger partial charge on any atom is 0.314 e. The fraction of sp³-hybridized carbons (Fsp3) is 0.261. The normalized spacial score (nSPS) is 14.4. The lowest BCUT2D eigenvalue weighted by atomic mass is 9.97. The Hall–Kier alpha value is -3.59. The molecule has 1 saturated heterocycles. The molecule has 1 aromatic heterocycles. The molecule has 0 N–H and O–H groups in total. The second-order valence-corrected chi connectivity index (χ2v) is 7.07. The third-order valence-corrected chi connectivity index (χ3v) is 5.27. The van der Waals surface area contributed by atoms with Crippen LogP contribution < -0.4 is 14.4 Å². The Labute approximate surface area is 169 Å². The summed E-state index contributed by atoms with van der Waals surface area (Å²) in [5, 5.41) is 10.9. The predicted molar refractivity (Wildman–Crippen MR) is 110 cm³/mol. The summed E-state index contributed by atoms with van der Waals surface area (Å²) in [7, 11) is 1.63. The molecule has 2 heterocycles. The summed E-state index contributed by atoms with van der Waals surface area (Å²) in [6, 6.07) is 17.1. The summed E-state index contributed by atoms with van der Waals surface area (Å²) in [6.45, 7) is 1.46. The number of carbonyl (C=O) groups excluding carboxylic acids is 1. The van der Waals surface area contributed by atoms with Crippen molar-refractivity contribution in [3.8, 4) is 17.6 Å². The lowest BCUT2D eigenvalue weighted by molar-refractivity contribution is -0.139. The minimum Gasteiger partial charge on any atom is -0.497 e. The number of ether oxygens (including phenoxy) is 2. The zero-order valence-electron chi connectivity index (χ0n) is 16.2. The third kappa shape index (κ3) is 4.14. The number of esters is 1. The smallest absolute Gasteiger partial charge is 0.314 e. The van der Waals surface area contributed by atoms with E-state index in [0.29, 0.717) is 24.2 Å². The minimum absolute atomic E-state index is 0.134. The summed E-state index contributed by atoms with van der Waals surface area (Å²) in [5.41, 5.74) is 0.542. The molecule has 0 unspecified atom stereocenters. The van der Waals surface area contributed by atoms with E-state index in [1.807, 2.05) is 42.5 Å². The van der Waals surface area contributed by atoms with Crippen LogP contribution >= 0.6 is 0 Å². The van der Waals surface area contributed by atoms with Crippen LogP contribution in [0.4, 0.5) is 5.82 Å². The van der Waals surface area contributed by atoms with Crippen LogP contribution in [0.5, 0.6) is 11.5 Å². The van der Waals surface area contributed by atoms with E-state index in [9.17, 15) is 4.79 Å². The number of nitrogens with zero attached hydrogens (tertiary/aromatic N) is 3. The SMILES string of the molecule is COc1ccc2ccc(OC(=O)C3CCN(c4ccc(C#N)cn4)CC3)cc2c1. The topological polar surface area (TPSA) is 75.5 Å². The number of hydrogen-bond acceptors (Lipinski definition) is 6. The Balaban J connectivity index is 1.38. The molecule has 1 fully saturated rings. The highest BCUT2D eigenvalue weighted by Crippen LogP contribution is 2.27. The van der Waals surface area contributed by atoms with Gasteiger partial charge in [-0.05, 0) is 60.0 Å². The molecule has 1 aliphatic rings. The molecule has 0 atom stereocenters. The average molecular weight is 387 g/mol. The van der Waals surface area contributed by atoms with Gasteiger partial charge in [-0.15, -0.1) is 0 Å². The Bertz CT molecular complexity index is 1060. The van der Waals surface area contributed by atoms with E-state index in [-0.39, 0.29) is 11.9 Å². The molecular formula is C23H21N3O3. The van der Waals surface area contributed by atoms with Crippen LogP contribution in [0.25, 0.3) is 10.8 Å². The molecule has 2 aromatic carbocycles. The van der Waals surface area contributed by atoms with Crippen molar-refractivity contribution in [1.29, 1.82) is 5.26 Å². The standard InChI is InChI=1S/C23H21N3O3/c1-28-20-5-3-17-4-6-21(13-19(17)12-20)29-23(27)18-8-10-26(11-9-18)22-7-2-16(14-24)15-25-22/h2-7,12-13,15,18H,8-11H2,1H3. The molecule has 0 radical (unpaired) electrons. The molecule has 1 aliphatic heterocycles. The first-order valence-electron chi connectivity index (χ1n) is 9.57. The fourth-order valence-corrected chi connectivity index (χ4v) is 3.58. The molecular weight excluding hydrogens is 366 g/mol. The van der Waals surface area contributed by atoms with Gasteiger partial charge in [-0.25, -0.2) is 4.98 Å². The summed E-state index contributed by atoms with van der Waals surface area (Å²) < 4.78 is 10.9. The lowest BCUT2D eigenvalue weighted by Crippen LogP contribution is -2.38. The Morgan fingerprint density at radius 2 is 1.79 bits per heavy atom. The van der Waals surface area contributed by atoms with Crippen LogP contribution in [-0.2, 0) is 4.79 Å². The molecule has 3 aromatic rings. The van der Waals surface area contributed by atoms with Gasteiger partial charge < -0.3 is 14.4 Å². The van der Waals surface area contributed by atoms with Gasteiger partial charge in [0.25, 0.3) is 0 Å². The zero-order valence-corrected chi connectivity index (χ0v) is 16.2. The van der Waals surface area contributed by atoms with Crippen LogP contribution in [0.1, 0.15) is 18.4 Å². The summed E-state index contributed by atoms with van der Waals surface area (Å²) >= 11 is 0. The van der Waals surface area contributed by atoms with Crippen molar-refractivity contribution in [3.05, 3.63) is 60.3 Å². The van der Waals surface area contributed by atoms with Gasteiger partial charge in [-0.3, -0.25) is 4.79 Å². The number of methoxy groups -OCH3 is 1. The maximum atomic E-state index is 12.6. The molecule has 0 amide bonds. The summed E-state index contributed by atoms with van der Waals surface area (Å²) in [4.78, 5) is 19.1. The average Bonchev–Trinajstić information content (AvgIpc) is 2.78. The van der Waals surface area contributed by atoms with Crippen molar-refractivity contribution >= 4 is 22.6 Å². The number of fused-ring (bicyclic) bond motifs is 1. The number of pyridine rings is 1. The van der Waals surface area contributed by atoms with Crippen molar-refractivity contribution < 1.29 is 14.3 Å². The summed E-state index contributed by atoms with van der Waals surface area (Å²) in [5.74, 6) is 1.82. The predicted octanol–water partition coefficient (Wildman–Crippen LogP) is 3.94. The molecule has 6 nitrogen and oxygen atoms in total. The molecule has 0 spiro atoms. The molecule has 0 bridgehead atoms. The second-order valence-electron chi connectivity index (χ2n) is 7.07. The second kappa shape index (κ2) is 8.19. The quantitative estimate of drug-likeness (QED) is 0.499. The monoisotopic (exact) mass is 387 g/mol. The lowest BCUT2D eigenvalue weighted by Gasteiger charge is -2.31. The number of anilines is 1. The first-order chi connectivity index (χ1) is 14.2. The van der Waals surface area contributed by atoms with Crippen molar-refractivity contribution in [2.45, 2.75) is 12.8 Å². The Morgan fingerprint density at radius 3 is 2.45 bits per heavy atom. The van der Waals surface area contributed by atoms with Crippen molar-refractivity contribution in [3.63, 3.8) is 0 Å². The van der Waals surface area contributed by atoms with Crippen molar-refractivity contribution in [2.24, 2.45) is 5.92 Å². The number of nitriles is 1. The van der Waals surface area contributed by atoms with Crippen molar-refractivity contribution in [2.75, 3.05) is 25.1 Å². The Morgan fingerprint density at radius 1 is 1.07 bits per heavy atom. The van der Waals surface area contributed by atoms with Crippen LogP contribution in [0, 0.1) is 17.2 Å². The fourth-order valence-electron chi connectivity index (χ4n) is 3.58. The zero-order chi connectivity index (χ0) is 20.2. The number of benzene rings is 2. The highest BCUT2D eigenvalue weighted by Gasteiger charge is 2.27. The van der Waals surface area contributed by atoms with Crippen LogP contribution in [0.3, 0.4) is 0 Å². The first kappa shape index (κ1) is 18.8. The van der Waals surface area contributed by atoms with Gasteiger partial charge in [-0.1, -0.05) is 12.1 Å². The number of carbonyl (C=O) groups is 1. The molecule has 0 aliphatic carbocycles. The number of hydrogen-bond donors (Lipinski definition) is 0. The van der Waals surface area contributed by atoms with Gasteiger partial charge in [-0.2, -0.15) is 5.26 Å². The highest BCUT2D eigenvalue weighted by molar-refractivity contribution is 5.86. The van der Waals surface area contributed by atoms with Gasteiger partial charge in [0.1, 0.15) is 23.4 Å². The first-order valence-corrected chi connectivity index (χ1v) is 9.57. The number of aromatic nitrogens is 1. The van der Waals surface area contributed by atoms with Crippen LogP contribution in [0.15, 0.2) is 54.7 Å². The molecule has 6 heteroatoms. The van der Waals surface area contributed by atoms with E-state index < -0.39 is 0 Å². The minimum atomic E-state index is -0.195. The molecule has 4 rings (SSSR count). The van der Waals surface area contributed by atoms with Crippen molar-refractivity contribution in [1.82, 2.24) is 4.98 Å². The maximum absolute atomic E-state index is 12.6. The van der Waals surface area contributed by atoms with Crippen LogP contribution in [0.2, 0.25) is 0 Å². The number of piperidine rings is 1. The van der Waals surface area contributed by atoms with E-state index in [0.717, 1.165) is 35.4 Å². The van der Waals surface area contributed by atoms with Gasteiger partial charge in [0.15, 0.2) is 0 Å². The van der Waals surface area contributed by atoms with E-state index in [1.165, 1.54) is 0 Å². The van der Waals surface area contributed by atoms with Gasteiger partial charge >= 0.3 is 5.97 Å². The van der Waals surface area contributed by atoms with E-state index in [1.54, 1.807) is 19.4 Å². The molecule has 29 heavy (non-hydrogen) atoms. The van der Waals surface area contributed by atoms with Gasteiger partial charge in [0, 0.05) is 19.3 Å². The third-order valence-electron chi connectivity index (χ3n) is 5.27. The number of rotatable bonds is 4. The molecule has 0 saturated carbocycles. The largest absolute Gasteiger partial charge is 0.497 e. The summed E-state index contributed by atoms with van der Waals surface area (Å²) in [6.07, 6.45) is 2.99. The van der Waals surface area contributed by atoms with Gasteiger partial charge in [0.2, 0.25) is 0 Å². The van der Waals surface area contributed by atoms with E-state index in [4.69, 9.17) is 14.7 Å². The van der Waals surface area contributed by atoms with Gasteiger partial charge in [0.05, 0.1) is 18.6 Å². The van der Waals surface area contributed by atoms with E-state index >= 15 is 0 Å². The highest BCUT2D eigenvalue weighted by atomic mass is 16.5.